The molecular weight excluding hydrogens is 412 g/mol. The summed E-state index contributed by atoms with van der Waals surface area (Å²) < 4.78 is 3.36. The zero-order chi connectivity index (χ0) is 22.0. The Kier molecular flexibility index (Phi) is 6.30. The molecule has 3 aromatic rings. The number of aromatic nitrogens is 2. The molecule has 162 valence electrons. The number of likely N-dealkylation sites (tertiary alicyclic amines) is 1. The van der Waals surface area contributed by atoms with Gasteiger partial charge >= 0.3 is 0 Å². The van der Waals surface area contributed by atoms with E-state index < -0.39 is 0 Å². The Labute approximate surface area is 187 Å². The van der Waals surface area contributed by atoms with Crippen molar-refractivity contribution in [2.45, 2.75) is 26.3 Å². The number of para-hydroxylation sites is 1. The molecule has 1 amide bonds. The van der Waals surface area contributed by atoms with Crippen molar-refractivity contribution < 1.29 is 4.79 Å². The highest BCUT2D eigenvalue weighted by Crippen LogP contribution is 2.22. The molecule has 1 fully saturated rings. The summed E-state index contributed by atoms with van der Waals surface area (Å²) in [6.45, 7) is 4.36. The van der Waals surface area contributed by atoms with E-state index in [9.17, 15) is 9.59 Å². The molecule has 1 aliphatic rings. The predicted octanol–water partition coefficient (Wildman–Crippen LogP) is 3.99. The second-order valence-electron chi connectivity index (χ2n) is 8.11. The summed E-state index contributed by atoms with van der Waals surface area (Å²) in [6.07, 6.45) is 1.54. The molecule has 0 radical (unpaired) electrons. The van der Waals surface area contributed by atoms with E-state index in [1.807, 2.05) is 62.5 Å². The number of amides is 1. The van der Waals surface area contributed by atoms with Crippen LogP contribution in [0.25, 0.3) is 5.69 Å². The number of carbonyl (C=O) groups is 1. The summed E-state index contributed by atoms with van der Waals surface area (Å²) in [5, 5.41) is 3.66. The second kappa shape index (κ2) is 9.12. The number of anilines is 1. The Morgan fingerprint density at radius 1 is 1.10 bits per heavy atom. The molecule has 1 N–H and O–H groups in total. The number of nitrogens with one attached hydrogen (secondary N) is 1. The van der Waals surface area contributed by atoms with Crippen LogP contribution in [0.15, 0.2) is 59.4 Å². The lowest BCUT2D eigenvalue weighted by molar-refractivity contribution is -0.121. The number of benzene rings is 2. The summed E-state index contributed by atoms with van der Waals surface area (Å²) in [5.41, 5.74) is 2.83. The summed E-state index contributed by atoms with van der Waals surface area (Å²) in [4.78, 5) is 28.3. The third-order valence-corrected chi connectivity index (χ3v) is 6.29. The molecule has 0 atom stereocenters. The van der Waals surface area contributed by atoms with Gasteiger partial charge in [-0.25, -0.2) is 4.68 Å². The monoisotopic (exact) mass is 438 g/mol. The van der Waals surface area contributed by atoms with Crippen LogP contribution in [0.1, 0.15) is 24.1 Å². The lowest BCUT2D eigenvalue weighted by Gasteiger charge is -2.31. The first kappa shape index (κ1) is 21.4. The second-order valence-corrected chi connectivity index (χ2v) is 8.54. The molecule has 4 rings (SSSR count). The minimum Gasteiger partial charge on any atom is -0.320 e. The van der Waals surface area contributed by atoms with Gasteiger partial charge in [-0.05, 0) is 62.7 Å². The molecule has 0 spiro atoms. The standard InChI is InChI=1S/C24H27ClN4O2/c1-17-22(24(31)29(27(17)2)21-9-4-3-5-10-21)26-23(30)19-11-13-28(14-12-19)16-18-7-6-8-20(25)15-18/h3-10,15,19H,11-14,16H2,1-2H3,(H,26,30). The van der Waals surface area contributed by atoms with Crippen molar-refractivity contribution in [2.24, 2.45) is 13.0 Å². The number of hydrogen-bond donors (Lipinski definition) is 1. The maximum Gasteiger partial charge on any atom is 0.295 e. The Morgan fingerprint density at radius 3 is 2.48 bits per heavy atom. The van der Waals surface area contributed by atoms with Crippen molar-refractivity contribution in [1.82, 2.24) is 14.3 Å². The van der Waals surface area contributed by atoms with Gasteiger partial charge in [0.2, 0.25) is 5.91 Å². The van der Waals surface area contributed by atoms with Crippen LogP contribution in [0.4, 0.5) is 5.69 Å². The van der Waals surface area contributed by atoms with Gasteiger partial charge < -0.3 is 5.32 Å². The largest absolute Gasteiger partial charge is 0.320 e. The molecule has 1 saturated heterocycles. The zero-order valence-corrected chi connectivity index (χ0v) is 18.6. The summed E-state index contributed by atoms with van der Waals surface area (Å²) in [6, 6.07) is 17.3. The molecule has 0 saturated carbocycles. The smallest absolute Gasteiger partial charge is 0.295 e. The van der Waals surface area contributed by atoms with Gasteiger partial charge in [-0.2, -0.15) is 0 Å². The van der Waals surface area contributed by atoms with E-state index in [4.69, 9.17) is 11.6 Å². The van der Waals surface area contributed by atoms with E-state index in [0.29, 0.717) is 5.69 Å². The summed E-state index contributed by atoms with van der Waals surface area (Å²) in [5.74, 6) is -0.173. The van der Waals surface area contributed by atoms with Crippen molar-refractivity contribution in [2.75, 3.05) is 18.4 Å². The van der Waals surface area contributed by atoms with Crippen LogP contribution in [-0.4, -0.2) is 33.3 Å². The topological polar surface area (TPSA) is 59.3 Å². The first-order valence-corrected chi connectivity index (χ1v) is 10.9. The van der Waals surface area contributed by atoms with E-state index in [-0.39, 0.29) is 17.4 Å². The predicted molar refractivity (Wildman–Crippen MR) is 124 cm³/mol. The highest BCUT2D eigenvalue weighted by Gasteiger charge is 2.27. The van der Waals surface area contributed by atoms with E-state index in [2.05, 4.69) is 16.3 Å². The number of piperidine rings is 1. The first-order valence-electron chi connectivity index (χ1n) is 10.6. The lowest BCUT2D eigenvalue weighted by Crippen LogP contribution is -2.38. The van der Waals surface area contributed by atoms with Gasteiger partial charge in [0.25, 0.3) is 5.56 Å². The zero-order valence-electron chi connectivity index (χ0n) is 17.8. The fourth-order valence-corrected chi connectivity index (χ4v) is 4.40. The molecule has 1 aromatic heterocycles. The minimum absolute atomic E-state index is 0.0755. The van der Waals surface area contributed by atoms with Crippen molar-refractivity contribution in [3.05, 3.63) is 81.2 Å². The maximum atomic E-state index is 13.0. The minimum atomic E-state index is -0.210. The van der Waals surface area contributed by atoms with Crippen LogP contribution in [0, 0.1) is 12.8 Å². The number of hydrogen-bond acceptors (Lipinski definition) is 3. The Bertz CT molecular complexity index is 1130. The first-order chi connectivity index (χ1) is 14.9. The van der Waals surface area contributed by atoms with Gasteiger partial charge in [-0.1, -0.05) is 41.9 Å². The van der Waals surface area contributed by atoms with Crippen LogP contribution in [-0.2, 0) is 18.4 Å². The normalized spacial score (nSPS) is 15.2. The van der Waals surface area contributed by atoms with E-state index in [1.165, 1.54) is 5.56 Å². The average Bonchev–Trinajstić information content (AvgIpc) is 2.98. The third kappa shape index (κ3) is 4.60. The molecule has 0 aliphatic carbocycles. The fraction of sp³-hybridized carbons (Fsp3) is 0.333. The molecule has 7 heteroatoms. The number of carbonyl (C=O) groups excluding carboxylic acids is 1. The Balaban J connectivity index is 1.41. The van der Waals surface area contributed by atoms with E-state index >= 15 is 0 Å². The highest BCUT2D eigenvalue weighted by molar-refractivity contribution is 6.30. The van der Waals surface area contributed by atoms with Crippen LogP contribution >= 0.6 is 11.6 Å². The van der Waals surface area contributed by atoms with Gasteiger partial charge in [0.15, 0.2) is 0 Å². The molecule has 0 unspecified atom stereocenters. The molecule has 6 nitrogen and oxygen atoms in total. The average molecular weight is 439 g/mol. The summed E-state index contributed by atoms with van der Waals surface area (Å²) >= 11 is 6.08. The fourth-order valence-electron chi connectivity index (χ4n) is 4.18. The molecule has 1 aliphatic heterocycles. The van der Waals surface area contributed by atoms with E-state index in [1.54, 1.807) is 9.36 Å². The highest BCUT2D eigenvalue weighted by atomic mass is 35.5. The molecule has 0 bridgehead atoms. The number of halogens is 1. The van der Waals surface area contributed by atoms with Gasteiger partial charge in [0.1, 0.15) is 5.69 Å². The van der Waals surface area contributed by atoms with Crippen molar-refractivity contribution >= 4 is 23.2 Å². The van der Waals surface area contributed by atoms with Crippen LogP contribution in [0.3, 0.4) is 0 Å². The number of nitrogens with zero attached hydrogens (tertiary/aromatic N) is 3. The summed E-state index contributed by atoms with van der Waals surface area (Å²) in [7, 11) is 1.83. The van der Waals surface area contributed by atoms with Crippen LogP contribution in [0.5, 0.6) is 0 Å². The van der Waals surface area contributed by atoms with Crippen molar-refractivity contribution in [3.63, 3.8) is 0 Å². The molecule has 31 heavy (non-hydrogen) atoms. The third-order valence-electron chi connectivity index (χ3n) is 6.06. The molecule has 2 aromatic carbocycles. The SMILES string of the molecule is Cc1c(NC(=O)C2CCN(Cc3cccc(Cl)c3)CC2)c(=O)n(-c2ccccc2)n1C. The van der Waals surface area contributed by atoms with Gasteiger partial charge in [-0.15, -0.1) is 0 Å². The van der Waals surface area contributed by atoms with Crippen molar-refractivity contribution in [1.29, 1.82) is 0 Å². The quantitative estimate of drug-likeness (QED) is 0.655. The van der Waals surface area contributed by atoms with Gasteiger partial charge in [0.05, 0.1) is 11.4 Å². The molecular formula is C24H27ClN4O2. The van der Waals surface area contributed by atoms with Crippen molar-refractivity contribution in [3.8, 4) is 5.69 Å². The Morgan fingerprint density at radius 2 is 1.81 bits per heavy atom. The van der Waals surface area contributed by atoms with E-state index in [0.717, 1.165) is 48.9 Å². The number of rotatable bonds is 5. The Hall–Kier alpha value is -2.83. The maximum absolute atomic E-state index is 13.0. The van der Waals surface area contributed by atoms with Crippen LogP contribution in [0.2, 0.25) is 5.02 Å². The van der Waals surface area contributed by atoms with Gasteiger partial charge in [0, 0.05) is 24.5 Å². The lowest BCUT2D eigenvalue weighted by atomic mass is 9.95. The van der Waals surface area contributed by atoms with Gasteiger partial charge in [-0.3, -0.25) is 19.2 Å². The van der Waals surface area contributed by atoms with Crippen LogP contribution < -0.4 is 10.9 Å². The molecule has 2 heterocycles.